The summed E-state index contributed by atoms with van der Waals surface area (Å²) in [5, 5.41) is 5.44. The molecule has 0 aliphatic heterocycles. The number of carbonyl (C=O) groups excluding carboxylic acids is 2. The minimum atomic E-state index is -0.329. The lowest BCUT2D eigenvalue weighted by Gasteiger charge is -2.12. The first-order valence-corrected chi connectivity index (χ1v) is 7.89. The number of carbonyl (C=O) groups is 2. The Morgan fingerprint density at radius 2 is 1.84 bits per heavy atom. The van der Waals surface area contributed by atoms with E-state index in [9.17, 15) is 14.0 Å². The second kappa shape index (κ2) is 8.75. The van der Waals surface area contributed by atoms with Crippen molar-refractivity contribution in [2.45, 2.75) is 13.3 Å². The van der Waals surface area contributed by atoms with Crippen molar-refractivity contribution in [2.75, 3.05) is 17.2 Å². The van der Waals surface area contributed by atoms with Crippen molar-refractivity contribution in [3.8, 4) is 0 Å². The van der Waals surface area contributed by atoms with Crippen LogP contribution in [0.1, 0.15) is 18.1 Å². The molecule has 0 bridgehead atoms. The molecule has 0 aliphatic rings. The van der Waals surface area contributed by atoms with Gasteiger partial charge in [0.1, 0.15) is 5.82 Å². The van der Waals surface area contributed by atoms with Crippen LogP contribution in [0.25, 0.3) is 6.08 Å². The maximum atomic E-state index is 12.8. The molecule has 0 atom stereocenters. The normalized spacial score (nSPS) is 10.7. The lowest BCUT2D eigenvalue weighted by atomic mass is 10.1. The smallest absolute Gasteiger partial charge is 0.248 e. The Balaban J connectivity index is 2.08. The largest absolute Gasteiger partial charge is 0.325 e. The lowest BCUT2D eigenvalue weighted by Crippen LogP contribution is -2.22. The Bertz CT molecular complexity index is 786. The highest BCUT2D eigenvalue weighted by molar-refractivity contribution is 6.02. The number of hydrogen-bond acceptors (Lipinski definition) is 3. The highest BCUT2D eigenvalue weighted by atomic mass is 19.1. The Morgan fingerprint density at radius 3 is 2.48 bits per heavy atom. The maximum Gasteiger partial charge on any atom is 0.248 e. The number of halogens is 1. The number of hydrogen-bond donors (Lipinski definition) is 3. The van der Waals surface area contributed by atoms with Gasteiger partial charge in [-0.05, 0) is 47.9 Å². The molecule has 0 saturated heterocycles. The van der Waals surface area contributed by atoms with Crippen LogP contribution in [0.4, 0.5) is 15.8 Å². The number of benzene rings is 2. The van der Waals surface area contributed by atoms with Crippen LogP contribution in [-0.4, -0.2) is 18.4 Å². The second-order valence-corrected chi connectivity index (χ2v) is 5.35. The van der Waals surface area contributed by atoms with E-state index < -0.39 is 0 Å². The van der Waals surface area contributed by atoms with E-state index in [0.717, 1.165) is 12.0 Å². The monoisotopic (exact) mass is 341 g/mol. The number of nitrogens with one attached hydrogen (secondary N) is 2. The van der Waals surface area contributed by atoms with E-state index in [0.29, 0.717) is 16.9 Å². The summed E-state index contributed by atoms with van der Waals surface area (Å²) in [4.78, 5) is 23.5. The standard InChI is InChI=1S/C19H20FN3O2/c1-2-14-6-9-16(11-17(14)23-19(25)12-21)22-18(24)10-5-13-3-7-15(20)8-4-13/h3-11H,2,12,21H2,1H3,(H,22,24)(H,23,25)/b10-5+. The van der Waals surface area contributed by atoms with Crippen LogP contribution in [0.2, 0.25) is 0 Å². The van der Waals surface area contributed by atoms with Crippen LogP contribution in [-0.2, 0) is 16.0 Å². The SMILES string of the molecule is CCc1ccc(NC(=O)/C=C/c2ccc(F)cc2)cc1NC(=O)CN. The summed E-state index contributed by atoms with van der Waals surface area (Å²) in [6, 6.07) is 11.1. The van der Waals surface area contributed by atoms with Crippen LogP contribution < -0.4 is 16.4 Å². The molecule has 0 unspecified atom stereocenters. The summed E-state index contributed by atoms with van der Waals surface area (Å²) in [7, 11) is 0. The maximum absolute atomic E-state index is 12.8. The quantitative estimate of drug-likeness (QED) is 0.706. The highest BCUT2D eigenvalue weighted by Crippen LogP contribution is 2.21. The average Bonchev–Trinajstić information content (AvgIpc) is 2.61. The third kappa shape index (κ3) is 5.54. The molecule has 25 heavy (non-hydrogen) atoms. The van der Waals surface area contributed by atoms with Crippen LogP contribution in [0.3, 0.4) is 0 Å². The summed E-state index contributed by atoms with van der Waals surface area (Å²) in [6.07, 6.45) is 3.68. The van der Waals surface area contributed by atoms with E-state index in [4.69, 9.17) is 5.73 Å². The average molecular weight is 341 g/mol. The van der Waals surface area contributed by atoms with E-state index in [1.807, 2.05) is 13.0 Å². The summed E-state index contributed by atoms with van der Waals surface area (Å²) in [5.41, 5.74) is 8.16. The van der Waals surface area contributed by atoms with Crippen molar-refractivity contribution in [1.82, 2.24) is 0 Å². The Kier molecular flexibility index (Phi) is 6.42. The minimum absolute atomic E-state index is 0.111. The van der Waals surface area contributed by atoms with Crippen LogP contribution in [0.15, 0.2) is 48.5 Å². The van der Waals surface area contributed by atoms with Gasteiger partial charge in [0.25, 0.3) is 0 Å². The molecular formula is C19H20FN3O2. The predicted octanol–water partition coefficient (Wildman–Crippen LogP) is 2.94. The molecule has 0 fully saturated rings. The molecule has 5 nitrogen and oxygen atoms in total. The molecule has 2 rings (SSSR count). The fourth-order valence-electron chi connectivity index (χ4n) is 2.21. The molecule has 2 amide bonds. The number of aryl methyl sites for hydroxylation is 1. The summed E-state index contributed by atoms with van der Waals surface area (Å²) < 4.78 is 12.8. The topological polar surface area (TPSA) is 84.2 Å². The molecule has 4 N–H and O–H groups in total. The van der Waals surface area contributed by atoms with E-state index in [-0.39, 0.29) is 24.2 Å². The van der Waals surface area contributed by atoms with Gasteiger partial charge >= 0.3 is 0 Å². The van der Waals surface area contributed by atoms with Gasteiger partial charge in [-0.1, -0.05) is 25.1 Å². The van der Waals surface area contributed by atoms with Crippen molar-refractivity contribution in [3.05, 3.63) is 65.5 Å². The number of nitrogens with two attached hydrogens (primary N) is 1. The molecule has 0 aromatic heterocycles. The molecule has 6 heteroatoms. The van der Waals surface area contributed by atoms with Gasteiger partial charge in [0.05, 0.1) is 6.54 Å². The van der Waals surface area contributed by atoms with Crippen LogP contribution in [0, 0.1) is 5.82 Å². The molecule has 0 saturated carbocycles. The molecule has 2 aromatic rings. The molecule has 130 valence electrons. The van der Waals surface area contributed by atoms with Crippen molar-refractivity contribution in [2.24, 2.45) is 5.73 Å². The van der Waals surface area contributed by atoms with Gasteiger partial charge in [-0.3, -0.25) is 9.59 Å². The number of amides is 2. The van der Waals surface area contributed by atoms with Gasteiger partial charge in [0.15, 0.2) is 0 Å². The molecule has 0 spiro atoms. The molecule has 0 radical (unpaired) electrons. The first-order valence-electron chi connectivity index (χ1n) is 7.89. The van der Waals surface area contributed by atoms with Gasteiger partial charge in [-0.25, -0.2) is 4.39 Å². The fraction of sp³-hybridized carbons (Fsp3) is 0.158. The first kappa shape index (κ1) is 18.4. The Morgan fingerprint density at radius 1 is 1.12 bits per heavy atom. The first-order chi connectivity index (χ1) is 12.0. The third-order valence-electron chi connectivity index (χ3n) is 3.51. The zero-order valence-electron chi connectivity index (χ0n) is 13.9. The number of anilines is 2. The zero-order chi connectivity index (χ0) is 18.2. The Hall–Kier alpha value is -2.99. The van der Waals surface area contributed by atoms with E-state index >= 15 is 0 Å². The van der Waals surface area contributed by atoms with Gasteiger partial charge < -0.3 is 16.4 Å². The van der Waals surface area contributed by atoms with E-state index in [2.05, 4.69) is 10.6 Å². The van der Waals surface area contributed by atoms with Gasteiger partial charge in [0.2, 0.25) is 11.8 Å². The molecular weight excluding hydrogens is 321 g/mol. The van der Waals surface area contributed by atoms with Crippen molar-refractivity contribution in [1.29, 1.82) is 0 Å². The second-order valence-electron chi connectivity index (χ2n) is 5.35. The van der Waals surface area contributed by atoms with Gasteiger partial charge in [-0.2, -0.15) is 0 Å². The van der Waals surface area contributed by atoms with Gasteiger partial charge in [0, 0.05) is 17.5 Å². The van der Waals surface area contributed by atoms with E-state index in [1.165, 1.54) is 18.2 Å². The predicted molar refractivity (Wildman–Crippen MR) is 97.6 cm³/mol. The Labute approximate surface area is 145 Å². The van der Waals surface area contributed by atoms with Crippen LogP contribution in [0.5, 0.6) is 0 Å². The fourth-order valence-corrected chi connectivity index (χ4v) is 2.21. The molecule has 0 aliphatic carbocycles. The summed E-state index contributed by atoms with van der Waals surface area (Å²) in [6.45, 7) is 1.86. The molecule has 0 heterocycles. The third-order valence-corrected chi connectivity index (χ3v) is 3.51. The van der Waals surface area contributed by atoms with Crippen molar-refractivity contribution >= 4 is 29.3 Å². The zero-order valence-corrected chi connectivity index (χ0v) is 13.9. The van der Waals surface area contributed by atoms with E-state index in [1.54, 1.807) is 30.3 Å². The minimum Gasteiger partial charge on any atom is -0.325 e. The van der Waals surface area contributed by atoms with Crippen molar-refractivity contribution in [3.63, 3.8) is 0 Å². The van der Waals surface area contributed by atoms with Crippen LogP contribution >= 0.6 is 0 Å². The van der Waals surface area contributed by atoms with Gasteiger partial charge in [-0.15, -0.1) is 0 Å². The molecule has 2 aromatic carbocycles. The number of rotatable bonds is 6. The summed E-state index contributed by atoms with van der Waals surface area (Å²) >= 11 is 0. The lowest BCUT2D eigenvalue weighted by molar-refractivity contribution is -0.115. The van der Waals surface area contributed by atoms with Crippen molar-refractivity contribution < 1.29 is 14.0 Å². The summed E-state index contributed by atoms with van der Waals surface area (Å²) in [5.74, 6) is -0.955. The highest BCUT2D eigenvalue weighted by Gasteiger charge is 2.07.